The first-order chi connectivity index (χ1) is 8.72. The summed E-state index contributed by atoms with van der Waals surface area (Å²) in [5.41, 5.74) is 0.993. The van der Waals surface area contributed by atoms with Gasteiger partial charge in [-0.15, -0.1) is 0 Å². The third kappa shape index (κ3) is 2.38. The van der Waals surface area contributed by atoms with E-state index in [1.807, 2.05) is 0 Å². The van der Waals surface area contributed by atoms with Crippen molar-refractivity contribution >= 4 is 23.2 Å². The van der Waals surface area contributed by atoms with Crippen LogP contribution >= 0.6 is 11.6 Å². The number of carbonyl (C=O) groups excluding carboxylic acids is 1. The fourth-order valence-corrected chi connectivity index (χ4v) is 1.81. The monoisotopic (exact) mass is 262 g/mol. The van der Waals surface area contributed by atoms with E-state index in [1.54, 1.807) is 30.3 Å². The molecule has 1 aliphatic carbocycles. The molecule has 4 nitrogen and oxygen atoms in total. The van der Waals surface area contributed by atoms with Gasteiger partial charge in [0, 0.05) is 22.7 Å². The Morgan fingerprint density at radius 1 is 1.33 bits per heavy atom. The highest BCUT2D eigenvalue weighted by Crippen LogP contribution is 2.40. The van der Waals surface area contributed by atoms with E-state index in [4.69, 9.17) is 16.1 Å². The van der Waals surface area contributed by atoms with Crippen LogP contribution in [0.4, 0.5) is 5.69 Å². The normalized spacial score (nSPS) is 14.5. The lowest BCUT2D eigenvalue weighted by atomic mass is 10.2. The summed E-state index contributed by atoms with van der Waals surface area (Å²) in [6, 6.07) is 8.62. The van der Waals surface area contributed by atoms with Crippen molar-refractivity contribution in [2.75, 3.05) is 5.32 Å². The third-order valence-electron chi connectivity index (χ3n) is 2.84. The van der Waals surface area contributed by atoms with Gasteiger partial charge in [-0.3, -0.25) is 4.79 Å². The molecule has 0 aliphatic heterocycles. The van der Waals surface area contributed by atoms with Gasteiger partial charge in [-0.05, 0) is 37.1 Å². The minimum absolute atomic E-state index is 0.270. The highest BCUT2D eigenvalue weighted by molar-refractivity contribution is 6.30. The number of nitrogens with zero attached hydrogens (tertiary/aromatic N) is 1. The topological polar surface area (TPSA) is 55.1 Å². The molecule has 18 heavy (non-hydrogen) atoms. The number of anilines is 1. The minimum Gasteiger partial charge on any atom is -0.360 e. The molecule has 3 rings (SSSR count). The molecular weight excluding hydrogens is 252 g/mol. The summed E-state index contributed by atoms with van der Waals surface area (Å²) in [4.78, 5) is 11.9. The Labute approximate surface area is 109 Å². The molecule has 1 saturated carbocycles. The number of amides is 1. The first-order valence-electron chi connectivity index (χ1n) is 5.76. The van der Waals surface area contributed by atoms with Crippen molar-refractivity contribution in [2.45, 2.75) is 18.8 Å². The van der Waals surface area contributed by atoms with Crippen LogP contribution < -0.4 is 5.32 Å². The molecule has 5 heteroatoms. The van der Waals surface area contributed by atoms with Gasteiger partial charge in [0.15, 0.2) is 5.69 Å². The van der Waals surface area contributed by atoms with Crippen molar-refractivity contribution in [2.24, 2.45) is 0 Å². The predicted molar refractivity (Wildman–Crippen MR) is 67.9 cm³/mol. The third-order valence-corrected chi connectivity index (χ3v) is 3.09. The fourth-order valence-electron chi connectivity index (χ4n) is 1.68. The molecule has 1 heterocycles. The van der Waals surface area contributed by atoms with E-state index in [1.165, 1.54) is 0 Å². The molecule has 0 atom stereocenters. The van der Waals surface area contributed by atoms with E-state index in [2.05, 4.69) is 10.5 Å². The quantitative estimate of drug-likeness (QED) is 0.922. The highest BCUT2D eigenvalue weighted by Gasteiger charge is 2.28. The molecule has 1 amide bonds. The number of benzene rings is 1. The van der Waals surface area contributed by atoms with Gasteiger partial charge in [0.2, 0.25) is 0 Å². The standard InChI is InChI=1S/C13H11ClN2O2/c14-9-3-5-10(6-4-9)15-13(17)11-7-12(18-16-11)8-1-2-8/h3-8H,1-2H2,(H,15,17). The maximum absolute atomic E-state index is 11.9. The van der Waals surface area contributed by atoms with Crippen molar-refractivity contribution in [1.82, 2.24) is 5.16 Å². The minimum atomic E-state index is -0.270. The average molecular weight is 263 g/mol. The van der Waals surface area contributed by atoms with E-state index >= 15 is 0 Å². The van der Waals surface area contributed by atoms with Gasteiger partial charge in [-0.25, -0.2) is 0 Å². The molecule has 0 unspecified atom stereocenters. The summed E-state index contributed by atoms with van der Waals surface area (Å²) >= 11 is 5.77. The van der Waals surface area contributed by atoms with E-state index in [-0.39, 0.29) is 5.91 Å². The van der Waals surface area contributed by atoms with Crippen molar-refractivity contribution in [3.8, 4) is 0 Å². The Hall–Kier alpha value is -1.81. The molecule has 0 spiro atoms. The zero-order valence-corrected chi connectivity index (χ0v) is 10.3. The molecule has 1 aromatic carbocycles. The Kier molecular flexibility index (Phi) is 2.80. The smallest absolute Gasteiger partial charge is 0.277 e. The molecule has 1 fully saturated rings. The molecule has 92 valence electrons. The lowest BCUT2D eigenvalue weighted by Gasteiger charge is -2.01. The second-order valence-corrected chi connectivity index (χ2v) is 4.79. The van der Waals surface area contributed by atoms with Crippen LogP contribution in [-0.2, 0) is 0 Å². The summed E-state index contributed by atoms with van der Waals surface area (Å²) in [6.45, 7) is 0. The number of hydrogen-bond acceptors (Lipinski definition) is 3. The predicted octanol–water partition coefficient (Wildman–Crippen LogP) is 3.46. The van der Waals surface area contributed by atoms with E-state index < -0.39 is 0 Å². The zero-order chi connectivity index (χ0) is 12.5. The molecule has 0 bridgehead atoms. The van der Waals surface area contributed by atoms with Crippen molar-refractivity contribution < 1.29 is 9.32 Å². The molecule has 0 saturated heterocycles. The molecule has 0 radical (unpaired) electrons. The van der Waals surface area contributed by atoms with Crippen LogP contribution in [0, 0.1) is 0 Å². The summed E-state index contributed by atoms with van der Waals surface area (Å²) < 4.78 is 5.13. The number of hydrogen-bond donors (Lipinski definition) is 1. The fraction of sp³-hybridized carbons (Fsp3) is 0.231. The first kappa shape index (κ1) is 11.3. The van der Waals surface area contributed by atoms with Gasteiger partial charge in [0.1, 0.15) is 5.76 Å². The van der Waals surface area contributed by atoms with Crippen LogP contribution in [-0.4, -0.2) is 11.1 Å². The maximum atomic E-state index is 11.9. The SMILES string of the molecule is O=C(Nc1ccc(Cl)cc1)c1cc(C2CC2)on1. The van der Waals surface area contributed by atoms with E-state index in [9.17, 15) is 4.79 Å². The Morgan fingerprint density at radius 3 is 2.72 bits per heavy atom. The Balaban J connectivity index is 1.71. The number of halogens is 1. The number of rotatable bonds is 3. The first-order valence-corrected chi connectivity index (χ1v) is 6.14. The average Bonchev–Trinajstić information content (AvgIpc) is 3.10. The molecule has 1 aliphatic rings. The lowest BCUT2D eigenvalue weighted by molar-refractivity contribution is 0.101. The largest absolute Gasteiger partial charge is 0.360 e. The number of aromatic nitrogens is 1. The van der Waals surface area contributed by atoms with Gasteiger partial charge in [-0.2, -0.15) is 0 Å². The molecule has 1 N–H and O–H groups in total. The van der Waals surface area contributed by atoms with Crippen LogP contribution in [0.25, 0.3) is 0 Å². The second kappa shape index (κ2) is 4.46. The van der Waals surface area contributed by atoms with Crippen LogP contribution in [0.5, 0.6) is 0 Å². The van der Waals surface area contributed by atoms with Crippen LogP contribution in [0.1, 0.15) is 35.0 Å². The maximum Gasteiger partial charge on any atom is 0.277 e. The van der Waals surface area contributed by atoms with Crippen molar-refractivity contribution in [3.05, 3.63) is 46.8 Å². The van der Waals surface area contributed by atoms with Gasteiger partial charge in [0.05, 0.1) is 0 Å². The van der Waals surface area contributed by atoms with Crippen molar-refractivity contribution in [1.29, 1.82) is 0 Å². The summed E-state index contributed by atoms with van der Waals surface area (Å²) in [7, 11) is 0. The summed E-state index contributed by atoms with van der Waals surface area (Å²) in [5, 5.41) is 7.15. The zero-order valence-electron chi connectivity index (χ0n) is 9.52. The molecule has 1 aromatic heterocycles. The lowest BCUT2D eigenvalue weighted by Crippen LogP contribution is -2.11. The highest BCUT2D eigenvalue weighted by atomic mass is 35.5. The van der Waals surface area contributed by atoms with E-state index in [0.29, 0.717) is 22.3 Å². The van der Waals surface area contributed by atoms with Gasteiger partial charge < -0.3 is 9.84 Å². The Bertz CT molecular complexity index is 573. The van der Waals surface area contributed by atoms with Crippen LogP contribution in [0.15, 0.2) is 34.9 Å². The van der Waals surface area contributed by atoms with E-state index in [0.717, 1.165) is 18.6 Å². The second-order valence-electron chi connectivity index (χ2n) is 4.35. The van der Waals surface area contributed by atoms with Gasteiger partial charge in [-0.1, -0.05) is 16.8 Å². The van der Waals surface area contributed by atoms with Gasteiger partial charge >= 0.3 is 0 Å². The summed E-state index contributed by atoms with van der Waals surface area (Å²) in [6.07, 6.45) is 2.24. The van der Waals surface area contributed by atoms with Crippen LogP contribution in [0.3, 0.4) is 0 Å². The molecule has 2 aromatic rings. The number of nitrogens with one attached hydrogen (secondary N) is 1. The van der Waals surface area contributed by atoms with Gasteiger partial charge in [0.25, 0.3) is 5.91 Å². The van der Waals surface area contributed by atoms with Crippen LogP contribution in [0.2, 0.25) is 5.02 Å². The van der Waals surface area contributed by atoms with Crippen molar-refractivity contribution in [3.63, 3.8) is 0 Å². The molecular formula is C13H11ClN2O2. The number of carbonyl (C=O) groups is 1. The Morgan fingerprint density at radius 2 is 2.06 bits per heavy atom. The summed E-state index contributed by atoms with van der Waals surface area (Å²) in [5.74, 6) is 0.985.